The number of aromatic hydroxyl groups is 1. The molecule has 5 nitrogen and oxygen atoms in total. The predicted molar refractivity (Wildman–Crippen MR) is 98.7 cm³/mol. The first-order chi connectivity index (χ1) is 12.1. The second-order valence-electron chi connectivity index (χ2n) is 5.17. The van der Waals surface area contributed by atoms with Gasteiger partial charge in [-0.05, 0) is 36.0 Å². The number of ether oxygens (including phenoxy) is 1. The van der Waals surface area contributed by atoms with E-state index in [1.807, 2.05) is 12.1 Å². The van der Waals surface area contributed by atoms with E-state index in [9.17, 15) is 14.7 Å². The zero-order valence-corrected chi connectivity index (χ0v) is 14.0. The molecule has 0 unspecified atom stereocenters. The minimum atomic E-state index is -0.431. The van der Waals surface area contributed by atoms with Crippen molar-refractivity contribution < 1.29 is 19.4 Å². The smallest absolute Gasteiger partial charge is 0.298 e. The fourth-order valence-electron chi connectivity index (χ4n) is 2.34. The van der Waals surface area contributed by atoms with Gasteiger partial charge in [0.25, 0.3) is 11.1 Å². The van der Waals surface area contributed by atoms with E-state index in [1.165, 1.54) is 12.1 Å². The molecule has 6 heteroatoms. The Hall–Kier alpha value is -2.99. The van der Waals surface area contributed by atoms with Gasteiger partial charge in [0.15, 0.2) is 0 Å². The number of rotatable bonds is 5. The number of carbonyl (C=O) groups excluding carboxylic acids is 2. The molecular weight excluding hydrogens is 338 g/mol. The van der Waals surface area contributed by atoms with E-state index in [4.69, 9.17) is 4.74 Å². The maximum Gasteiger partial charge on any atom is 0.298 e. The Kier molecular flexibility index (Phi) is 4.90. The highest BCUT2D eigenvalue weighted by atomic mass is 32.2. The van der Waals surface area contributed by atoms with Crippen molar-refractivity contribution in [2.45, 2.75) is 0 Å². The molecule has 0 radical (unpaired) electrons. The molecule has 0 saturated carbocycles. The summed E-state index contributed by atoms with van der Waals surface area (Å²) in [6, 6.07) is 13.3. The van der Waals surface area contributed by atoms with Crippen LogP contribution in [0.15, 0.2) is 66.1 Å². The van der Waals surface area contributed by atoms with Gasteiger partial charge in [0, 0.05) is 11.6 Å². The largest absolute Gasteiger partial charge is 0.508 e. The van der Waals surface area contributed by atoms with E-state index in [1.54, 1.807) is 36.4 Å². The maximum absolute atomic E-state index is 12.6. The number of thioether (sulfide) groups is 1. The third-order valence-electron chi connectivity index (χ3n) is 3.44. The second kappa shape index (κ2) is 7.27. The Balaban J connectivity index is 1.92. The molecule has 1 fully saturated rings. The highest BCUT2D eigenvalue weighted by Crippen LogP contribution is 2.37. The van der Waals surface area contributed by atoms with Gasteiger partial charge < -0.3 is 9.84 Å². The fourth-order valence-corrected chi connectivity index (χ4v) is 3.18. The van der Waals surface area contributed by atoms with Gasteiger partial charge in [-0.25, -0.2) is 4.90 Å². The van der Waals surface area contributed by atoms with Gasteiger partial charge in [0.2, 0.25) is 0 Å². The summed E-state index contributed by atoms with van der Waals surface area (Å²) in [5, 5.41) is 9.16. The molecule has 2 aromatic rings. The number of carbonyl (C=O) groups is 2. The molecule has 1 saturated heterocycles. The highest BCUT2D eigenvalue weighted by Gasteiger charge is 2.36. The van der Waals surface area contributed by atoms with E-state index in [0.29, 0.717) is 28.5 Å². The van der Waals surface area contributed by atoms with Gasteiger partial charge in [0.1, 0.15) is 18.1 Å². The molecule has 2 aromatic carbocycles. The van der Waals surface area contributed by atoms with E-state index in [2.05, 4.69) is 6.58 Å². The van der Waals surface area contributed by atoms with Crippen molar-refractivity contribution in [3.63, 3.8) is 0 Å². The molecule has 2 amide bonds. The molecule has 0 spiro atoms. The number of hydrogen-bond donors (Lipinski definition) is 1. The van der Waals surface area contributed by atoms with Gasteiger partial charge in [-0.2, -0.15) is 0 Å². The summed E-state index contributed by atoms with van der Waals surface area (Å²) in [5.41, 5.74) is 1.04. The summed E-state index contributed by atoms with van der Waals surface area (Å²) in [4.78, 5) is 26.2. The zero-order chi connectivity index (χ0) is 17.8. The van der Waals surface area contributed by atoms with Gasteiger partial charge in [0.05, 0.1) is 10.6 Å². The number of anilines is 1. The van der Waals surface area contributed by atoms with Crippen molar-refractivity contribution in [1.29, 1.82) is 0 Å². The Morgan fingerprint density at radius 2 is 1.96 bits per heavy atom. The number of phenols is 1. The minimum absolute atomic E-state index is 0.0105. The van der Waals surface area contributed by atoms with Crippen molar-refractivity contribution in [3.8, 4) is 11.5 Å². The number of nitrogens with zero attached hydrogens (tertiary/aromatic N) is 1. The Morgan fingerprint density at radius 3 is 2.72 bits per heavy atom. The fraction of sp³-hybridized carbons (Fsp3) is 0.0526. The summed E-state index contributed by atoms with van der Waals surface area (Å²) < 4.78 is 5.57. The first-order valence-corrected chi connectivity index (χ1v) is 8.31. The van der Waals surface area contributed by atoms with Gasteiger partial charge in [-0.3, -0.25) is 9.59 Å². The summed E-state index contributed by atoms with van der Waals surface area (Å²) >= 11 is 0.851. The second-order valence-corrected chi connectivity index (χ2v) is 6.17. The third-order valence-corrected chi connectivity index (χ3v) is 4.31. The molecule has 0 atom stereocenters. The van der Waals surface area contributed by atoms with E-state index in [0.717, 1.165) is 16.7 Å². The number of phenolic OH excluding ortho intramolecular Hbond substituents is 1. The van der Waals surface area contributed by atoms with Crippen LogP contribution < -0.4 is 9.64 Å². The van der Waals surface area contributed by atoms with Crippen LogP contribution in [0.4, 0.5) is 10.5 Å². The first-order valence-electron chi connectivity index (χ1n) is 7.50. The van der Waals surface area contributed by atoms with Crippen molar-refractivity contribution in [2.75, 3.05) is 11.5 Å². The normalized spacial score (nSPS) is 15.7. The molecule has 1 N–H and O–H groups in total. The lowest BCUT2D eigenvalue weighted by Crippen LogP contribution is -2.27. The average molecular weight is 353 g/mol. The lowest BCUT2D eigenvalue weighted by Gasteiger charge is -2.12. The summed E-state index contributed by atoms with van der Waals surface area (Å²) in [6.07, 6.45) is 3.26. The maximum atomic E-state index is 12.6. The Labute approximate surface area is 149 Å². The van der Waals surface area contributed by atoms with Crippen molar-refractivity contribution >= 4 is 34.7 Å². The number of hydrogen-bond acceptors (Lipinski definition) is 5. The summed E-state index contributed by atoms with van der Waals surface area (Å²) in [7, 11) is 0. The highest BCUT2D eigenvalue weighted by molar-refractivity contribution is 8.19. The average Bonchev–Trinajstić information content (AvgIpc) is 2.88. The summed E-state index contributed by atoms with van der Waals surface area (Å²) in [5.74, 6) is 0.161. The number of imide groups is 1. The van der Waals surface area contributed by atoms with E-state index in [-0.39, 0.29) is 5.75 Å². The predicted octanol–water partition coefficient (Wildman–Crippen LogP) is 4.20. The van der Waals surface area contributed by atoms with Crippen LogP contribution in [0.3, 0.4) is 0 Å². The van der Waals surface area contributed by atoms with E-state index < -0.39 is 11.1 Å². The van der Waals surface area contributed by atoms with Crippen molar-refractivity contribution in [1.82, 2.24) is 0 Å². The van der Waals surface area contributed by atoms with Crippen LogP contribution in [0.5, 0.6) is 11.5 Å². The summed E-state index contributed by atoms with van der Waals surface area (Å²) in [6.45, 7) is 3.95. The molecule has 1 aliphatic rings. The van der Waals surface area contributed by atoms with Gasteiger partial charge in [-0.15, -0.1) is 0 Å². The van der Waals surface area contributed by atoms with Gasteiger partial charge >= 0.3 is 0 Å². The first kappa shape index (κ1) is 16.9. The monoisotopic (exact) mass is 353 g/mol. The van der Waals surface area contributed by atoms with Crippen molar-refractivity contribution in [2.24, 2.45) is 0 Å². The molecule has 1 aliphatic heterocycles. The lowest BCUT2D eigenvalue weighted by atomic mass is 10.2. The molecule has 1 heterocycles. The number of benzene rings is 2. The van der Waals surface area contributed by atoms with Crippen LogP contribution in [-0.4, -0.2) is 22.9 Å². The molecule has 0 aliphatic carbocycles. The molecule has 3 rings (SSSR count). The molecular formula is C19H15NO4S. The van der Waals surface area contributed by atoms with Crippen LogP contribution in [0, 0.1) is 0 Å². The molecule has 126 valence electrons. The van der Waals surface area contributed by atoms with Crippen LogP contribution >= 0.6 is 11.8 Å². The van der Waals surface area contributed by atoms with Crippen LogP contribution in [0.1, 0.15) is 5.56 Å². The number of para-hydroxylation sites is 1. The molecule has 25 heavy (non-hydrogen) atoms. The SMILES string of the molecule is C=CCOc1ccccc1/C=C1\SC(=O)N(c2cccc(O)c2)C1=O. The van der Waals surface area contributed by atoms with Gasteiger partial charge in [-0.1, -0.05) is 36.9 Å². The molecule has 0 bridgehead atoms. The van der Waals surface area contributed by atoms with Crippen LogP contribution in [-0.2, 0) is 4.79 Å². The quantitative estimate of drug-likeness (QED) is 0.645. The standard InChI is InChI=1S/C19H15NO4S/c1-2-10-24-16-9-4-3-6-13(16)11-17-18(22)20(19(23)25-17)14-7-5-8-15(21)12-14/h2-9,11-12,21H,1,10H2/b17-11-. The zero-order valence-electron chi connectivity index (χ0n) is 13.2. The Bertz CT molecular complexity index is 875. The minimum Gasteiger partial charge on any atom is -0.508 e. The van der Waals surface area contributed by atoms with Crippen LogP contribution in [0.2, 0.25) is 0 Å². The van der Waals surface area contributed by atoms with E-state index >= 15 is 0 Å². The third kappa shape index (κ3) is 3.59. The number of amides is 2. The molecule has 0 aromatic heterocycles. The Morgan fingerprint density at radius 1 is 1.16 bits per heavy atom. The lowest BCUT2D eigenvalue weighted by molar-refractivity contribution is -0.113. The van der Waals surface area contributed by atoms with Crippen molar-refractivity contribution in [3.05, 3.63) is 71.7 Å². The van der Waals surface area contributed by atoms with Crippen LogP contribution in [0.25, 0.3) is 6.08 Å². The topological polar surface area (TPSA) is 66.8 Å².